The number of hydrogen-bond donors (Lipinski definition) is 2. The molecule has 208 valence electrons. The Balaban J connectivity index is 0. The Morgan fingerprint density at radius 2 is 0.794 bits per heavy atom. The highest BCUT2D eigenvalue weighted by Gasteiger charge is 2.41. The Morgan fingerprint density at radius 3 is 0.971 bits per heavy atom. The largest absolute Gasteiger partial charge is 0.501 e. The fraction of sp³-hybridized carbons (Fsp3) is 1.00. The Labute approximate surface area is 211 Å². The molecule has 0 fully saturated rings. The van der Waals surface area contributed by atoms with Gasteiger partial charge in [0.25, 0.3) is 0 Å². The van der Waals surface area contributed by atoms with Crippen LogP contribution in [0.25, 0.3) is 0 Å². The molecule has 0 radical (unpaired) electrons. The molecule has 0 rings (SSSR count). The summed E-state index contributed by atoms with van der Waals surface area (Å²) in [7, 11) is -5.25. The van der Waals surface area contributed by atoms with Gasteiger partial charge in [0, 0.05) is 51.7 Å². The van der Waals surface area contributed by atoms with Gasteiger partial charge in [-0.15, -0.1) is 0 Å². The number of aliphatic hydroxyl groups is 2. The summed E-state index contributed by atoms with van der Waals surface area (Å²) in [5.41, 5.74) is 0. The standard InChI is InChI=1S/C20H46O7Si2.C3H8O2/c1-9-21-28(22-10-2,23-11-3)17-15-19(7)27-20(8)16-18-29(24-12-4,25-13-5)26-14-6;1-3(5)2-4/h19-20H,9-18H2,1-8H3;3-5H,2H2,1H3. The van der Waals surface area contributed by atoms with Crippen molar-refractivity contribution in [2.24, 2.45) is 0 Å². The maximum atomic E-state index is 8.11. The predicted molar refractivity (Wildman–Crippen MR) is 139 cm³/mol. The van der Waals surface area contributed by atoms with E-state index in [0.29, 0.717) is 39.6 Å². The highest BCUT2D eigenvalue weighted by atomic mass is 28.4. The molecule has 0 aliphatic heterocycles. The normalized spacial score (nSPS) is 14.9. The van der Waals surface area contributed by atoms with Crippen molar-refractivity contribution in [3.05, 3.63) is 0 Å². The average Bonchev–Trinajstić information content (AvgIpc) is 2.78. The van der Waals surface area contributed by atoms with Crippen LogP contribution in [0.15, 0.2) is 0 Å². The van der Waals surface area contributed by atoms with Crippen molar-refractivity contribution >= 4 is 17.6 Å². The summed E-state index contributed by atoms with van der Waals surface area (Å²) in [6.45, 7) is 21.0. The van der Waals surface area contributed by atoms with E-state index in [1.165, 1.54) is 6.92 Å². The molecule has 3 unspecified atom stereocenters. The van der Waals surface area contributed by atoms with E-state index in [-0.39, 0.29) is 18.8 Å². The first kappa shape index (κ1) is 36.2. The van der Waals surface area contributed by atoms with Crippen molar-refractivity contribution in [2.45, 2.75) is 106 Å². The van der Waals surface area contributed by atoms with Crippen LogP contribution in [-0.2, 0) is 31.3 Å². The monoisotopic (exact) mass is 530 g/mol. The third-order valence-corrected chi connectivity index (χ3v) is 10.8. The topological polar surface area (TPSA) is 105 Å². The van der Waals surface area contributed by atoms with Crippen molar-refractivity contribution in [1.82, 2.24) is 0 Å². The first-order valence-electron chi connectivity index (χ1n) is 12.9. The van der Waals surface area contributed by atoms with Crippen LogP contribution in [0.4, 0.5) is 0 Å². The van der Waals surface area contributed by atoms with Gasteiger partial charge in [-0.2, -0.15) is 0 Å². The first-order valence-corrected chi connectivity index (χ1v) is 16.8. The molecule has 0 aliphatic carbocycles. The molecule has 9 nitrogen and oxygen atoms in total. The van der Waals surface area contributed by atoms with Crippen LogP contribution in [0.2, 0.25) is 12.1 Å². The molecule has 34 heavy (non-hydrogen) atoms. The van der Waals surface area contributed by atoms with Gasteiger partial charge in [0.2, 0.25) is 0 Å². The highest BCUT2D eigenvalue weighted by Crippen LogP contribution is 2.23. The van der Waals surface area contributed by atoms with E-state index in [9.17, 15) is 0 Å². The van der Waals surface area contributed by atoms with Crippen LogP contribution < -0.4 is 0 Å². The smallest absolute Gasteiger partial charge is 0.394 e. The van der Waals surface area contributed by atoms with Gasteiger partial charge in [-0.1, -0.05) is 0 Å². The molecule has 0 heterocycles. The minimum absolute atomic E-state index is 0.0839. The molecule has 0 aliphatic rings. The van der Waals surface area contributed by atoms with E-state index >= 15 is 0 Å². The highest BCUT2D eigenvalue weighted by molar-refractivity contribution is 6.61. The number of hydrogen-bond acceptors (Lipinski definition) is 9. The maximum Gasteiger partial charge on any atom is 0.501 e. The summed E-state index contributed by atoms with van der Waals surface area (Å²) in [5.74, 6) is 0. The maximum absolute atomic E-state index is 8.11. The fourth-order valence-corrected chi connectivity index (χ4v) is 8.82. The van der Waals surface area contributed by atoms with Crippen molar-refractivity contribution in [2.75, 3.05) is 46.2 Å². The van der Waals surface area contributed by atoms with Gasteiger partial charge in [-0.3, -0.25) is 0 Å². The minimum Gasteiger partial charge on any atom is -0.394 e. The van der Waals surface area contributed by atoms with Gasteiger partial charge >= 0.3 is 17.6 Å². The molecule has 0 aromatic heterocycles. The average molecular weight is 531 g/mol. The van der Waals surface area contributed by atoms with Gasteiger partial charge in [0.1, 0.15) is 0 Å². The van der Waals surface area contributed by atoms with Crippen LogP contribution in [0.1, 0.15) is 75.2 Å². The second-order valence-corrected chi connectivity index (χ2v) is 13.3. The summed E-state index contributed by atoms with van der Waals surface area (Å²) in [6, 6.07) is 1.51. The van der Waals surface area contributed by atoms with Crippen molar-refractivity contribution < 1.29 is 41.5 Å². The summed E-state index contributed by atoms with van der Waals surface area (Å²) in [6.07, 6.45) is 1.28. The molecule has 0 amide bonds. The Morgan fingerprint density at radius 1 is 0.559 bits per heavy atom. The van der Waals surface area contributed by atoms with E-state index < -0.39 is 23.7 Å². The van der Waals surface area contributed by atoms with Crippen molar-refractivity contribution in [3.8, 4) is 0 Å². The third-order valence-electron chi connectivity index (χ3n) is 4.63. The molecule has 3 atom stereocenters. The SMILES string of the molecule is CC(O)CO.CCO[Si](CCC(C)OC(C)CC[Si](OCC)(OCC)OCC)(OCC)OCC. The van der Waals surface area contributed by atoms with Gasteiger partial charge in [-0.25, -0.2) is 0 Å². The van der Waals surface area contributed by atoms with Crippen molar-refractivity contribution in [1.29, 1.82) is 0 Å². The third kappa shape index (κ3) is 17.5. The van der Waals surface area contributed by atoms with E-state index in [1.807, 2.05) is 41.5 Å². The lowest BCUT2D eigenvalue weighted by molar-refractivity contribution is -0.00475. The van der Waals surface area contributed by atoms with Crippen LogP contribution in [0.3, 0.4) is 0 Å². The molecule has 0 aromatic rings. The van der Waals surface area contributed by atoms with E-state index in [1.54, 1.807) is 0 Å². The molecule has 11 heteroatoms. The second kappa shape index (κ2) is 22.3. The zero-order valence-corrected chi connectivity index (χ0v) is 25.3. The molecule has 0 saturated heterocycles. The number of ether oxygens (including phenoxy) is 1. The molecule has 2 N–H and O–H groups in total. The summed E-state index contributed by atoms with van der Waals surface area (Å²) < 4.78 is 41.8. The van der Waals surface area contributed by atoms with E-state index in [4.69, 9.17) is 41.5 Å². The zero-order valence-electron chi connectivity index (χ0n) is 23.3. The van der Waals surface area contributed by atoms with Crippen LogP contribution in [0.5, 0.6) is 0 Å². The van der Waals surface area contributed by atoms with Crippen LogP contribution in [-0.4, -0.2) is 92.4 Å². The fourth-order valence-electron chi connectivity index (χ4n) is 3.30. The molecule has 0 saturated carbocycles. The minimum atomic E-state index is -2.62. The number of aliphatic hydroxyl groups excluding tert-OH is 2. The lowest BCUT2D eigenvalue weighted by Gasteiger charge is -2.31. The lowest BCUT2D eigenvalue weighted by Crippen LogP contribution is -2.47. The first-order chi connectivity index (χ1) is 16.1. The summed E-state index contributed by atoms with van der Waals surface area (Å²) in [4.78, 5) is 0. The zero-order chi connectivity index (χ0) is 26.5. The van der Waals surface area contributed by atoms with E-state index in [0.717, 1.165) is 24.9 Å². The van der Waals surface area contributed by atoms with Crippen LogP contribution in [0, 0.1) is 0 Å². The molecular weight excluding hydrogens is 476 g/mol. The second-order valence-electron chi connectivity index (χ2n) is 7.83. The van der Waals surface area contributed by atoms with Gasteiger partial charge < -0.3 is 41.5 Å². The van der Waals surface area contributed by atoms with Gasteiger partial charge in [0.15, 0.2) is 0 Å². The molecule has 0 aromatic carbocycles. The Bertz CT molecular complexity index is 377. The molecular formula is C23H54O9Si2. The lowest BCUT2D eigenvalue weighted by atomic mass is 10.2. The summed E-state index contributed by atoms with van der Waals surface area (Å²) >= 11 is 0. The number of rotatable bonds is 21. The van der Waals surface area contributed by atoms with Crippen LogP contribution >= 0.6 is 0 Å². The summed E-state index contributed by atoms with van der Waals surface area (Å²) in [5, 5.41) is 16.0. The van der Waals surface area contributed by atoms with Crippen molar-refractivity contribution in [3.63, 3.8) is 0 Å². The molecule has 0 bridgehead atoms. The van der Waals surface area contributed by atoms with Gasteiger partial charge in [0.05, 0.1) is 24.9 Å². The Kier molecular flexibility index (Phi) is 23.7. The van der Waals surface area contributed by atoms with E-state index in [2.05, 4.69) is 13.8 Å². The predicted octanol–water partition coefficient (Wildman–Crippen LogP) is 4.02. The van der Waals surface area contributed by atoms with Gasteiger partial charge in [-0.05, 0) is 75.2 Å². The Hall–Kier alpha value is 0.0738. The molecule has 0 spiro atoms. The quantitative estimate of drug-likeness (QED) is 0.213.